The Labute approximate surface area is 191 Å². The Morgan fingerprint density at radius 1 is 1.13 bits per heavy atom. The molecule has 2 fully saturated rings. The number of hydrogen-bond acceptors (Lipinski definition) is 5. The van der Waals surface area contributed by atoms with Crippen LogP contribution in [0.2, 0.25) is 5.02 Å². The zero-order valence-electron chi connectivity index (χ0n) is 16.9. The van der Waals surface area contributed by atoms with Gasteiger partial charge in [-0.05, 0) is 60.4 Å². The Morgan fingerprint density at radius 3 is 2.65 bits per heavy atom. The molecule has 0 N–H and O–H groups in total. The molecule has 5 rings (SSSR count). The fourth-order valence-corrected chi connectivity index (χ4v) is 7.50. The molecule has 31 heavy (non-hydrogen) atoms. The van der Waals surface area contributed by atoms with Crippen molar-refractivity contribution < 1.29 is 17.9 Å². The topological polar surface area (TPSA) is 66.9 Å². The van der Waals surface area contributed by atoms with Crippen LogP contribution in [0.15, 0.2) is 45.5 Å². The lowest BCUT2D eigenvalue weighted by Gasteiger charge is -2.38. The summed E-state index contributed by atoms with van der Waals surface area (Å²) in [5.74, 6) is 0.731. The van der Waals surface area contributed by atoms with Crippen LogP contribution in [-0.4, -0.2) is 56.3 Å². The van der Waals surface area contributed by atoms with Crippen LogP contribution in [0.25, 0.3) is 6.08 Å². The third-order valence-electron chi connectivity index (χ3n) is 6.56. The number of sulfonamides is 1. The van der Waals surface area contributed by atoms with Gasteiger partial charge in [-0.1, -0.05) is 17.7 Å². The van der Waals surface area contributed by atoms with E-state index in [4.69, 9.17) is 16.3 Å². The van der Waals surface area contributed by atoms with Crippen molar-refractivity contribution in [3.05, 3.63) is 51.9 Å². The van der Waals surface area contributed by atoms with Crippen molar-refractivity contribution in [2.45, 2.75) is 23.5 Å². The standard InChI is InChI=1S/C22H23ClN2O4S2/c23-18-3-4-19-16(13-18)12-17(14-29-19)21(26)24-8-5-22(15-24)6-9-25(10-7-22)31(27,28)20-2-1-11-30-20/h1-4,11-13H,5-10,14-15H2. The number of halogens is 1. The van der Waals surface area contributed by atoms with Gasteiger partial charge in [0.05, 0.1) is 5.57 Å². The molecule has 1 amide bonds. The predicted octanol–water partition coefficient (Wildman–Crippen LogP) is 3.88. The number of carbonyl (C=O) groups is 1. The van der Waals surface area contributed by atoms with Crippen LogP contribution in [0, 0.1) is 5.41 Å². The number of amides is 1. The van der Waals surface area contributed by atoms with E-state index in [-0.39, 0.29) is 17.9 Å². The van der Waals surface area contributed by atoms with Gasteiger partial charge in [-0.25, -0.2) is 8.42 Å². The number of fused-ring (bicyclic) bond motifs is 1. The first-order valence-electron chi connectivity index (χ1n) is 10.3. The number of nitrogens with zero attached hydrogens (tertiary/aromatic N) is 2. The second-order valence-electron chi connectivity index (χ2n) is 8.45. The summed E-state index contributed by atoms with van der Waals surface area (Å²) in [6.07, 6.45) is 4.32. The second kappa shape index (κ2) is 7.92. The highest BCUT2D eigenvalue weighted by molar-refractivity contribution is 7.91. The van der Waals surface area contributed by atoms with Crippen molar-refractivity contribution in [2.75, 3.05) is 32.8 Å². The molecule has 4 heterocycles. The lowest BCUT2D eigenvalue weighted by molar-refractivity contribution is -0.127. The van der Waals surface area contributed by atoms with Crippen LogP contribution in [-0.2, 0) is 14.8 Å². The minimum atomic E-state index is -3.41. The number of carbonyl (C=O) groups excluding carboxylic acids is 1. The Balaban J connectivity index is 1.25. The minimum Gasteiger partial charge on any atom is -0.488 e. The van der Waals surface area contributed by atoms with Gasteiger partial charge < -0.3 is 9.64 Å². The van der Waals surface area contributed by atoms with E-state index in [1.807, 2.05) is 17.0 Å². The molecular formula is C22H23ClN2O4S2. The van der Waals surface area contributed by atoms with Crippen LogP contribution in [0.4, 0.5) is 0 Å². The van der Waals surface area contributed by atoms with Crippen molar-refractivity contribution in [1.29, 1.82) is 0 Å². The molecule has 1 aromatic heterocycles. The van der Waals surface area contributed by atoms with Crippen LogP contribution in [0.3, 0.4) is 0 Å². The predicted molar refractivity (Wildman–Crippen MR) is 121 cm³/mol. The molecule has 0 saturated carbocycles. The lowest BCUT2D eigenvalue weighted by Crippen LogP contribution is -2.44. The average molecular weight is 479 g/mol. The third kappa shape index (κ3) is 3.91. The number of benzene rings is 1. The fourth-order valence-electron chi connectivity index (χ4n) is 4.73. The molecule has 3 aliphatic heterocycles. The van der Waals surface area contributed by atoms with E-state index in [9.17, 15) is 13.2 Å². The molecule has 0 bridgehead atoms. The molecule has 1 spiro atoms. The van der Waals surface area contributed by atoms with Gasteiger partial charge in [0.1, 0.15) is 16.6 Å². The van der Waals surface area contributed by atoms with Gasteiger partial charge in [0.15, 0.2) is 0 Å². The maximum absolute atomic E-state index is 13.1. The maximum atomic E-state index is 13.1. The summed E-state index contributed by atoms with van der Waals surface area (Å²) >= 11 is 7.33. The molecule has 0 atom stereocenters. The van der Waals surface area contributed by atoms with Crippen LogP contribution < -0.4 is 4.74 Å². The molecule has 164 valence electrons. The summed E-state index contributed by atoms with van der Waals surface area (Å²) in [7, 11) is -3.41. The van der Waals surface area contributed by atoms with Gasteiger partial charge in [-0.2, -0.15) is 4.31 Å². The lowest BCUT2D eigenvalue weighted by atomic mass is 9.78. The first kappa shape index (κ1) is 21.0. The van der Waals surface area contributed by atoms with Gasteiger partial charge in [-0.3, -0.25) is 4.79 Å². The zero-order chi connectivity index (χ0) is 21.6. The quantitative estimate of drug-likeness (QED) is 0.671. The van der Waals surface area contributed by atoms with Crippen molar-refractivity contribution in [3.8, 4) is 5.75 Å². The summed E-state index contributed by atoms with van der Waals surface area (Å²) in [6.45, 7) is 2.61. The van der Waals surface area contributed by atoms with Gasteiger partial charge in [0.25, 0.3) is 15.9 Å². The Kier molecular flexibility index (Phi) is 5.37. The SMILES string of the molecule is O=C(C1=Cc2cc(Cl)ccc2OC1)N1CCC2(CCN(S(=O)(=O)c3cccs3)CC2)C1. The van der Waals surface area contributed by atoms with Crippen molar-refractivity contribution in [1.82, 2.24) is 9.21 Å². The average Bonchev–Trinajstić information content (AvgIpc) is 3.44. The number of likely N-dealkylation sites (tertiary alicyclic amines) is 1. The Morgan fingerprint density at radius 2 is 1.90 bits per heavy atom. The van der Waals surface area contributed by atoms with Crippen LogP contribution in [0.5, 0.6) is 5.75 Å². The fraction of sp³-hybridized carbons (Fsp3) is 0.409. The number of hydrogen-bond donors (Lipinski definition) is 0. The van der Waals surface area contributed by atoms with E-state index < -0.39 is 10.0 Å². The highest BCUT2D eigenvalue weighted by Gasteiger charge is 2.44. The summed E-state index contributed by atoms with van der Waals surface area (Å²) in [5.41, 5.74) is 1.45. The highest BCUT2D eigenvalue weighted by atomic mass is 35.5. The van der Waals surface area contributed by atoms with Crippen molar-refractivity contribution in [2.24, 2.45) is 5.41 Å². The summed E-state index contributed by atoms with van der Waals surface area (Å²) in [6, 6.07) is 8.82. The molecule has 6 nitrogen and oxygen atoms in total. The molecule has 2 saturated heterocycles. The Hall–Kier alpha value is -1.87. The summed E-state index contributed by atoms with van der Waals surface area (Å²) in [4.78, 5) is 15.0. The van der Waals surface area contributed by atoms with Crippen molar-refractivity contribution in [3.63, 3.8) is 0 Å². The van der Waals surface area contributed by atoms with Crippen LogP contribution >= 0.6 is 22.9 Å². The molecule has 1 aromatic carbocycles. The number of ether oxygens (including phenoxy) is 1. The van der Waals surface area contributed by atoms with Crippen LogP contribution in [0.1, 0.15) is 24.8 Å². The van der Waals surface area contributed by atoms with Gasteiger partial charge >= 0.3 is 0 Å². The smallest absolute Gasteiger partial charge is 0.253 e. The largest absolute Gasteiger partial charge is 0.488 e. The highest BCUT2D eigenvalue weighted by Crippen LogP contribution is 2.42. The number of rotatable bonds is 3. The van der Waals surface area contributed by atoms with Gasteiger partial charge in [0, 0.05) is 36.8 Å². The second-order valence-corrected chi connectivity index (χ2v) is 12.0. The van der Waals surface area contributed by atoms with E-state index in [1.165, 1.54) is 11.3 Å². The molecular weight excluding hydrogens is 456 g/mol. The Bertz CT molecular complexity index is 1140. The first-order valence-corrected chi connectivity index (χ1v) is 13.0. The molecule has 9 heteroatoms. The summed E-state index contributed by atoms with van der Waals surface area (Å²) in [5, 5.41) is 2.39. The molecule has 2 aromatic rings. The number of piperidine rings is 1. The normalized spacial score (nSPS) is 20.9. The van der Waals surface area contributed by atoms with E-state index >= 15 is 0 Å². The monoisotopic (exact) mass is 478 g/mol. The molecule has 0 radical (unpaired) electrons. The van der Waals surface area contributed by atoms with E-state index in [2.05, 4.69) is 0 Å². The zero-order valence-corrected chi connectivity index (χ0v) is 19.3. The van der Waals surface area contributed by atoms with E-state index in [0.717, 1.165) is 30.6 Å². The molecule has 3 aliphatic rings. The maximum Gasteiger partial charge on any atom is 0.253 e. The molecule has 0 aliphatic carbocycles. The molecule has 0 unspecified atom stereocenters. The van der Waals surface area contributed by atoms with Gasteiger partial charge in [0.2, 0.25) is 0 Å². The first-order chi connectivity index (χ1) is 14.9. The van der Waals surface area contributed by atoms with E-state index in [1.54, 1.807) is 34.0 Å². The van der Waals surface area contributed by atoms with Gasteiger partial charge in [-0.15, -0.1) is 11.3 Å². The number of thiophene rings is 1. The minimum absolute atomic E-state index is 0.00358. The van der Waals surface area contributed by atoms with Crippen molar-refractivity contribution >= 4 is 44.9 Å². The van der Waals surface area contributed by atoms with E-state index in [0.29, 0.717) is 41.0 Å². The summed E-state index contributed by atoms with van der Waals surface area (Å²) < 4.78 is 33.3. The third-order valence-corrected chi connectivity index (χ3v) is 10.1.